The average molecular weight is 426 g/mol. The first kappa shape index (κ1) is 23.4. The smallest absolute Gasteiger partial charge is 0.263 e. The van der Waals surface area contributed by atoms with E-state index in [0.29, 0.717) is 47.3 Å². The monoisotopic (exact) mass is 425 g/mol. The number of hydrogen-bond acceptors (Lipinski definition) is 6. The fourth-order valence-corrected chi connectivity index (χ4v) is 3.32. The van der Waals surface area contributed by atoms with Crippen LogP contribution in [0.5, 0.6) is 0 Å². The van der Waals surface area contributed by atoms with E-state index in [0.717, 1.165) is 16.9 Å². The number of anilines is 2. The number of rotatable bonds is 8. The molecule has 152 valence electrons. The number of aryl methyl sites for hydroxylation is 2. The van der Waals surface area contributed by atoms with Gasteiger partial charge in [-0.2, -0.15) is 0 Å². The molecule has 0 bridgehead atoms. The third-order valence-electron chi connectivity index (χ3n) is 3.60. The number of carbonyl (C=O) groups is 3. The SMILES string of the molecule is CC(=O)NCCNC(=O)c1sc(NC(C)=O)nc1CCc1ccc(N)cc1.Cl. The Morgan fingerprint density at radius 3 is 2.25 bits per heavy atom. The Balaban J connectivity index is 0.00000392. The molecule has 0 saturated carbocycles. The van der Waals surface area contributed by atoms with E-state index >= 15 is 0 Å². The van der Waals surface area contributed by atoms with Gasteiger partial charge >= 0.3 is 0 Å². The van der Waals surface area contributed by atoms with Crippen molar-refractivity contribution in [3.05, 3.63) is 40.4 Å². The van der Waals surface area contributed by atoms with E-state index in [2.05, 4.69) is 20.9 Å². The van der Waals surface area contributed by atoms with Gasteiger partial charge in [0.05, 0.1) is 5.69 Å². The lowest BCUT2D eigenvalue weighted by Gasteiger charge is -2.06. The predicted octanol–water partition coefficient (Wildman–Crippen LogP) is 1.76. The zero-order valence-electron chi connectivity index (χ0n) is 15.7. The Hall–Kier alpha value is -2.65. The first-order valence-corrected chi connectivity index (χ1v) is 9.31. The topological polar surface area (TPSA) is 126 Å². The predicted molar refractivity (Wildman–Crippen MR) is 113 cm³/mol. The summed E-state index contributed by atoms with van der Waals surface area (Å²) in [6.45, 7) is 3.46. The lowest BCUT2D eigenvalue weighted by Crippen LogP contribution is -2.33. The van der Waals surface area contributed by atoms with Crippen molar-refractivity contribution in [2.45, 2.75) is 26.7 Å². The summed E-state index contributed by atoms with van der Waals surface area (Å²) in [5, 5.41) is 8.38. The maximum atomic E-state index is 12.5. The molecule has 0 saturated heterocycles. The Morgan fingerprint density at radius 1 is 1.00 bits per heavy atom. The third kappa shape index (κ3) is 7.53. The number of nitrogens with two attached hydrogens (primary N) is 1. The van der Waals surface area contributed by atoms with Crippen LogP contribution < -0.4 is 21.7 Å². The second-order valence-electron chi connectivity index (χ2n) is 5.96. The van der Waals surface area contributed by atoms with Gasteiger partial charge in [-0.3, -0.25) is 14.4 Å². The molecule has 1 aromatic heterocycles. The number of nitrogens with zero attached hydrogens (tertiary/aromatic N) is 1. The van der Waals surface area contributed by atoms with E-state index in [4.69, 9.17) is 5.73 Å². The number of nitrogens with one attached hydrogen (secondary N) is 3. The third-order valence-corrected chi connectivity index (χ3v) is 4.61. The highest BCUT2D eigenvalue weighted by molar-refractivity contribution is 7.17. The van der Waals surface area contributed by atoms with Gasteiger partial charge in [-0.25, -0.2) is 4.98 Å². The van der Waals surface area contributed by atoms with Gasteiger partial charge in [0.15, 0.2) is 5.13 Å². The molecule has 5 N–H and O–H groups in total. The largest absolute Gasteiger partial charge is 0.399 e. The number of hydrogen-bond donors (Lipinski definition) is 4. The van der Waals surface area contributed by atoms with Crippen molar-refractivity contribution < 1.29 is 14.4 Å². The molecule has 0 unspecified atom stereocenters. The van der Waals surface area contributed by atoms with Crippen molar-refractivity contribution >= 4 is 52.3 Å². The van der Waals surface area contributed by atoms with Crippen LogP contribution in [0.1, 0.15) is 34.8 Å². The first-order chi connectivity index (χ1) is 12.8. The minimum atomic E-state index is -0.276. The molecule has 0 aliphatic carbocycles. The Labute approximate surface area is 173 Å². The van der Waals surface area contributed by atoms with Gasteiger partial charge in [-0.15, -0.1) is 12.4 Å². The van der Waals surface area contributed by atoms with Crippen molar-refractivity contribution in [2.24, 2.45) is 0 Å². The van der Waals surface area contributed by atoms with Crippen LogP contribution in [0.25, 0.3) is 0 Å². The Morgan fingerprint density at radius 2 is 1.64 bits per heavy atom. The van der Waals surface area contributed by atoms with Gasteiger partial charge in [-0.1, -0.05) is 23.5 Å². The molecule has 2 rings (SSSR count). The molecule has 8 nitrogen and oxygen atoms in total. The van der Waals surface area contributed by atoms with Crippen LogP contribution in [-0.2, 0) is 22.4 Å². The van der Waals surface area contributed by atoms with Gasteiger partial charge in [0.25, 0.3) is 5.91 Å². The fourth-order valence-electron chi connectivity index (χ4n) is 2.34. The summed E-state index contributed by atoms with van der Waals surface area (Å²) in [6.07, 6.45) is 1.24. The number of thiazole rings is 1. The van der Waals surface area contributed by atoms with Crippen molar-refractivity contribution in [3.63, 3.8) is 0 Å². The summed E-state index contributed by atoms with van der Waals surface area (Å²) in [4.78, 5) is 39.5. The van der Waals surface area contributed by atoms with Gasteiger partial charge < -0.3 is 21.7 Å². The van der Waals surface area contributed by atoms with Crippen LogP contribution in [0.2, 0.25) is 0 Å². The van der Waals surface area contributed by atoms with Crippen LogP contribution >= 0.6 is 23.7 Å². The summed E-state index contributed by atoms with van der Waals surface area (Å²) in [7, 11) is 0. The summed E-state index contributed by atoms with van der Waals surface area (Å²) in [5.41, 5.74) is 8.09. The number of nitrogen functional groups attached to an aromatic ring is 1. The minimum absolute atomic E-state index is 0. The summed E-state index contributed by atoms with van der Waals surface area (Å²) in [5.74, 6) is -0.674. The van der Waals surface area contributed by atoms with Crippen LogP contribution in [0.15, 0.2) is 24.3 Å². The normalized spacial score (nSPS) is 9.93. The second kappa shape index (κ2) is 11.3. The standard InChI is InChI=1S/C18H23N5O3S.ClH/c1-11(24)20-9-10-21-17(26)16-15(23-18(27-16)22-12(2)25)8-5-13-3-6-14(19)7-4-13;/h3-4,6-7H,5,8-10,19H2,1-2H3,(H,20,24)(H,21,26)(H,22,23,25);1H. The molecule has 0 aliphatic rings. The van der Waals surface area contributed by atoms with Crippen molar-refractivity contribution in [2.75, 3.05) is 24.1 Å². The molecule has 0 fully saturated rings. The van der Waals surface area contributed by atoms with Gasteiger partial charge in [0.2, 0.25) is 11.8 Å². The van der Waals surface area contributed by atoms with Crippen LogP contribution in [-0.4, -0.2) is 35.8 Å². The molecule has 0 aliphatic heterocycles. The van der Waals surface area contributed by atoms with E-state index in [1.54, 1.807) is 0 Å². The average Bonchev–Trinajstić information content (AvgIpc) is 3.00. The molecule has 0 atom stereocenters. The zero-order chi connectivity index (χ0) is 19.8. The summed E-state index contributed by atoms with van der Waals surface area (Å²) in [6, 6.07) is 7.52. The highest BCUT2D eigenvalue weighted by atomic mass is 35.5. The Bertz CT molecular complexity index is 823. The van der Waals surface area contributed by atoms with Crippen molar-refractivity contribution in [1.82, 2.24) is 15.6 Å². The molecular weight excluding hydrogens is 402 g/mol. The highest BCUT2D eigenvalue weighted by Crippen LogP contribution is 2.24. The second-order valence-corrected chi connectivity index (χ2v) is 6.96. The lowest BCUT2D eigenvalue weighted by atomic mass is 10.1. The van der Waals surface area contributed by atoms with Gasteiger partial charge in [-0.05, 0) is 30.5 Å². The molecule has 2 aromatic rings. The quantitative estimate of drug-likeness (QED) is 0.378. The number of benzene rings is 1. The highest BCUT2D eigenvalue weighted by Gasteiger charge is 2.18. The van der Waals surface area contributed by atoms with E-state index in [9.17, 15) is 14.4 Å². The number of halogens is 1. The first-order valence-electron chi connectivity index (χ1n) is 8.49. The molecule has 10 heteroatoms. The van der Waals surface area contributed by atoms with Gasteiger partial charge in [0, 0.05) is 32.6 Å². The number of aromatic nitrogens is 1. The zero-order valence-corrected chi connectivity index (χ0v) is 17.3. The molecule has 28 heavy (non-hydrogen) atoms. The molecule has 1 aromatic carbocycles. The number of carbonyl (C=O) groups excluding carboxylic acids is 3. The maximum Gasteiger partial charge on any atom is 0.263 e. The van der Waals surface area contributed by atoms with E-state index in [-0.39, 0.29) is 30.1 Å². The summed E-state index contributed by atoms with van der Waals surface area (Å²) < 4.78 is 0. The molecule has 0 radical (unpaired) electrons. The summed E-state index contributed by atoms with van der Waals surface area (Å²) >= 11 is 1.14. The van der Waals surface area contributed by atoms with E-state index < -0.39 is 0 Å². The van der Waals surface area contributed by atoms with Crippen LogP contribution in [0.3, 0.4) is 0 Å². The van der Waals surface area contributed by atoms with E-state index in [1.807, 2.05) is 24.3 Å². The number of amides is 3. The van der Waals surface area contributed by atoms with Crippen molar-refractivity contribution in [3.8, 4) is 0 Å². The molecule has 1 heterocycles. The molecule has 3 amide bonds. The van der Waals surface area contributed by atoms with Crippen LogP contribution in [0.4, 0.5) is 10.8 Å². The molecular formula is C18H24ClN5O3S. The van der Waals surface area contributed by atoms with Gasteiger partial charge in [0.1, 0.15) is 4.88 Å². The van der Waals surface area contributed by atoms with Crippen LogP contribution in [0, 0.1) is 0 Å². The Kier molecular flexibility index (Phi) is 9.40. The van der Waals surface area contributed by atoms with E-state index in [1.165, 1.54) is 13.8 Å². The van der Waals surface area contributed by atoms with Crippen molar-refractivity contribution in [1.29, 1.82) is 0 Å². The minimum Gasteiger partial charge on any atom is -0.399 e. The molecule has 0 spiro atoms. The lowest BCUT2D eigenvalue weighted by molar-refractivity contribution is -0.119. The fraction of sp³-hybridized carbons (Fsp3) is 0.333. The maximum absolute atomic E-state index is 12.5.